The molecule has 13 heteroatoms. The number of nitrogens with zero attached hydrogens (tertiary/aromatic N) is 1. The number of rotatable bonds is 7. The van der Waals surface area contributed by atoms with Crippen LogP contribution in [0.2, 0.25) is 0 Å². The maximum atomic E-state index is 14.3. The Labute approximate surface area is 226 Å². The summed E-state index contributed by atoms with van der Waals surface area (Å²) in [5.41, 5.74) is 4.03. The number of nitrogens with one attached hydrogen (secondary N) is 4. The number of para-hydroxylation sites is 1. The number of benzene rings is 1. The van der Waals surface area contributed by atoms with Crippen LogP contribution >= 0.6 is 45.9 Å². The fourth-order valence-corrected chi connectivity index (χ4v) is 6.44. The zero-order valence-electron chi connectivity index (χ0n) is 16.8. The molecule has 4 N–H and O–H groups in total. The molecule has 4 rings (SSSR count). The molecule has 0 fully saturated rings. The number of fused-ring (bicyclic) bond motifs is 1. The molecule has 0 saturated heterocycles. The minimum atomic E-state index is -1.07. The van der Waals surface area contributed by atoms with Crippen molar-refractivity contribution in [2.24, 2.45) is 0 Å². The van der Waals surface area contributed by atoms with Crippen molar-refractivity contribution in [2.75, 3.05) is 16.0 Å². The van der Waals surface area contributed by atoms with Crippen molar-refractivity contribution in [2.45, 2.75) is 10.5 Å². The molecule has 1 aliphatic rings. The maximum absolute atomic E-state index is 14.3. The second-order valence-corrected chi connectivity index (χ2v) is 10.7. The Morgan fingerprint density at radius 2 is 2.15 bits per heavy atom. The van der Waals surface area contributed by atoms with Gasteiger partial charge in [0, 0.05) is 0 Å². The summed E-state index contributed by atoms with van der Waals surface area (Å²) in [5.74, 6) is -0.829. The molecule has 3 heterocycles. The van der Waals surface area contributed by atoms with E-state index < -0.39 is 27.0 Å². The first-order chi connectivity index (χ1) is 16.0. The predicted octanol–water partition coefficient (Wildman–Crippen LogP) is 1.92. The fraction of sp³-hybridized carbons (Fsp3) is 0.150. The topological polar surface area (TPSA) is 117 Å². The third-order valence-corrected chi connectivity index (χ3v) is 8.94. The summed E-state index contributed by atoms with van der Waals surface area (Å²) in [6.45, 7) is 0. The molecule has 3 aromatic rings. The third kappa shape index (κ3) is 4.98. The molecule has 33 heavy (non-hydrogen) atoms. The van der Waals surface area contributed by atoms with E-state index in [1.165, 1.54) is 13.2 Å². The van der Waals surface area contributed by atoms with Gasteiger partial charge in [0.15, 0.2) is 0 Å². The number of H-pyrrole nitrogens is 1. The molecule has 0 spiro atoms. The summed E-state index contributed by atoms with van der Waals surface area (Å²) in [7, 11) is 1.38. The molecule has 0 bridgehead atoms. The number of halogens is 4. The normalized spacial score (nSPS) is 14.9. The molecule has 1 aliphatic heterocycles. The number of methoxy groups -OCH3 is 1. The van der Waals surface area contributed by atoms with E-state index in [-0.39, 0.29) is 19.7 Å². The number of aromatic nitrogens is 2. The van der Waals surface area contributed by atoms with E-state index >= 15 is 0 Å². The Kier molecular flexibility index (Phi) is 7.77. The van der Waals surface area contributed by atoms with E-state index in [4.69, 9.17) is 7.80 Å². The first-order valence-corrected chi connectivity index (χ1v) is 13.7. The number of alkyl halides is 1. The van der Waals surface area contributed by atoms with Crippen molar-refractivity contribution in [1.29, 1.82) is 0 Å². The molecule has 1 amide bonds. The summed E-state index contributed by atoms with van der Waals surface area (Å²) in [4.78, 5) is 32.5. The minimum absolute atomic E-state index is 0.0325. The van der Waals surface area contributed by atoms with Gasteiger partial charge in [-0.1, -0.05) is 0 Å². The van der Waals surface area contributed by atoms with E-state index in [2.05, 4.69) is 24.1 Å². The van der Waals surface area contributed by atoms with Crippen LogP contribution in [0.5, 0.6) is 5.75 Å². The standard InChI is InChI=1S/C20H16FI3N5O4/c1-32-18-10(21)3-2-4-11(18)26-17-15-12(7-14(28-19(15)30)24-20(31)33-23)27-16(17)9-5-6-25-8-13(9)29-22/h2-6,8,14,26-27,29H,7H2,1H3,(H,28,30)/q-1/t14-/m0/s1. The number of amides is 1. The molecule has 0 aliphatic carbocycles. The number of carbonyl (C=O) groups excluding carboxylic acids is 2. The van der Waals surface area contributed by atoms with Crippen LogP contribution in [-0.4, -0.2) is 31.0 Å². The molecule has 1 atom stereocenters. The molecule has 2 aromatic heterocycles. The molecule has 0 unspecified atom stereocenters. The van der Waals surface area contributed by atoms with E-state index in [0.717, 1.165) is 11.3 Å². The SMILES string of the molecule is COc1c(F)cccc1Nc1c(-c2ccncc2NI)[nH]c2c1C(=O)N[C@H]([I-]C(=O)OI)C2. The van der Waals surface area contributed by atoms with Crippen molar-refractivity contribution in [3.05, 3.63) is 53.7 Å². The molecular weight excluding hydrogens is 774 g/mol. The van der Waals surface area contributed by atoms with Crippen molar-refractivity contribution in [3.63, 3.8) is 0 Å². The predicted molar refractivity (Wildman–Crippen MR) is 133 cm³/mol. The van der Waals surface area contributed by atoms with Crippen LogP contribution in [0.3, 0.4) is 0 Å². The number of ether oxygens (including phenoxy) is 1. The van der Waals surface area contributed by atoms with Crippen molar-refractivity contribution < 1.29 is 43.0 Å². The van der Waals surface area contributed by atoms with Crippen LogP contribution in [0.1, 0.15) is 16.1 Å². The average molecular weight is 790 g/mol. The Balaban J connectivity index is 1.85. The summed E-state index contributed by atoms with van der Waals surface area (Å²) in [5, 5.41) is 6.10. The molecule has 0 saturated carbocycles. The number of hydrogen-bond donors (Lipinski definition) is 4. The molecule has 0 radical (unpaired) electrons. The monoisotopic (exact) mass is 790 g/mol. The number of carbonyl (C=O) groups is 2. The number of pyridine rings is 1. The van der Waals surface area contributed by atoms with Crippen LogP contribution in [-0.2, 0) is 9.49 Å². The first kappa shape index (κ1) is 24.2. The zero-order valence-corrected chi connectivity index (χ0v) is 23.3. The third-order valence-electron chi connectivity index (χ3n) is 4.88. The molecular formula is C20H16FI3N5O4-. The van der Waals surface area contributed by atoms with Crippen LogP contribution < -0.4 is 40.1 Å². The first-order valence-electron chi connectivity index (χ1n) is 9.39. The van der Waals surface area contributed by atoms with Gasteiger partial charge in [-0.2, -0.15) is 0 Å². The molecule has 174 valence electrons. The van der Waals surface area contributed by atoms with Crippen molar-refractivity contribution >= 4 is 72.8 Å². The van der Waals surface area contributed by atoms with Gasteiger partial charge in [-0.15, -0.1) is 0 Å². The van der Waals surface area contributed by atoms with Crippen LogP contribution in [0, 0.1) is 5.82 Å². The van der Waals surface area contributed by atoms with Gasteiger partial charge in [0.1, 0.15) is 0 Å². The second kappa shape index (κ2) is 10.6. The van der Waals surface area contributed by atoms with Gasteiger partial charge in [0.25, 0.3) is 0 Å². The quantitative estimate of drug-likeness (QED) is 0.0952. The van der Waals surface area contributed by atoms with E-state index in [1.54, 1.807) is 47.5 Å². The number of hydrogen-bond acceptors (Lipinski definition) is 7. The summed E-state index contributed by atoms with van der Waals surface area (Å²) >= 11 is 2.49. The van der Waals surface area contributed by atoms with Crippen LogP contribution in [0.15, 0.2) is 36.7 Å². The zero-order chi connectivity index (χ0) is 23.5. The van der Waals surface area contributed by atoms with Crippen LogP contribution in [0.25, 0.3) is 11.3 Å². The Bertz CT molecular complexity index is 1220. The van der Waals surface area contributed by atoms with Gasteiger partial charge >= 0.3 is 228 Å². The fourth-order valence-electron chi connectivity index (χ4n) is 3.55. The Hall–Kier alpha value is -1.89. The van der Waals surface area contributed by atoms with Gasteiger partial charge in [0.2, 0.25) is 0 Å². The summed E-state index contributed by atoms with van der Waals surface area (Å²) in [6, 6.07) is 6.33. The number of anilines is 3. The van der Waals surface area contributed by atoms with Crippen molar-refractivity contribution in [3.8, 4) is 17.0 Å². The van der Waals surface area contributed by atoms with Crippen LogP contribution in [0.4, 0.5) is 26.2 Å². The van der Waals surface area contributed by atoms with Gasteiger partial charge in [-0.05, 0) is 0 Å². The van der Waals surface area contributed by atoms with E-state index in [9.17, 15) is 14.0 Å². The van der Waals surface area contributed by atoms with Gasteiger partial charge in [0.05, 0.1) is 0 Å². The Morgan fingerprint density at radius 3 is 2.88 bits per heavy atom. The van der Waals surface area contributed by atoms with Gasteiger partial charge in [-0.25, -0.2) is 0 Å². The van der Waals surface area contributed by atoms with E-state index in [0.29, 0.717) is 34.7 Å². The molecule has 9 nitrogen and oxygen atoms in total. The molecule has 1 aromatic carbocycles. The van der Waals surface area contributed by atoms with E-state index in [1.807, 2.05) is 28.9 Å². The Morgan fingerprint density at radius 1 is 1.33 bits per heavy atom. The second-order valence-electron chi connectivity index (χ2n) is 6.76. The van der Waals surface area contributed by atoms with Crippen molar-refractivity contribution in [1.82, 2.24) is 15.3 Å². The number of aromatic amines is 1. The van der Waals surface area contributed by atoms with Gasteiger partial charge < -0.3 is 0 Å². The summed E-state index contributed by atoms with van der Waals surface area (Å²) in [6.07, 6.45) is 3.75. The average Bonchev–Trinajstić information content (AvgIpc) is 3.17. The summed E-state index contributed by atoms with van der Waals surface area (Å²) < 4.78 is 26.8. The van der Waals surface area contributed by atoms with Gasteiger partial charge in [-0.3, -0.25) is 0 Å².